The fourth-order valence-electron chi connectivity index (χ4n) is 4.68. The maximum absolute atomic E-state index is 14.9. The molecule has 2 amide bonds. The molecular weight excluding hydrogens is 419 g/mol. The zero-order valence-corrected chi connectivity index (χ0v) is 17.2. The highest BCUT2D eigenvalue weighted by Crippen LogP contribution is 2.58. The Morgan fingerprint density at radius 3 is 2.75 bits per heavy atom. The van der Waals surface area contributed by atoms with Crippen molar-refractivity contribution >= 4 is 29.3 Å². The molecule has 2 aliphatic heterocycles. The zero-order chi connectivity index (χ0) is 22.6. The van der Waals surface area contributed by atoms with Gasteiger partial charge in [-0.1, -0.05) is 0 Å². The van der Waals surface area contributed by atoms with Gasteiger partial charge >= 0.3 is 6.09 Å². The van der Waals surface area contributed by atoms with E-state index in [9.17, 15) is 14.0 Å². The second-order valence-corrected chi connectivity index (χ2v) is 8.32. The van der Waals surface area contributed by atoms with E-state index in [2.05, 4.69) is 10.3 Å². The molecular formula is C21H21FN6O4. The van der Waals surface area contributed by atoms with E-state index in [1.165, 1.54) is 17.9 Å². The lowest BCUT2D eigenvalue weighted by Gasteiger charge is -2.23. The zero-order valence-electron chi connectivity index (χ0n) is 17.2. The first-order valence-electron chi connectivity index (χ1n) is 10.3. The SMILES string of the molecule is CC(=O)NC[C@H]1CN(c2ccc(N3C[C@@H]4C(c5nc(C#N)c(N)o5)[C@@H]4C3)c(F)c2)C(=O)O1. The smallest absolute Gasteiger partial charge is 0.414 e. The molecule has 3 N–H and O–H groups in total. The molecule has 11 heteroatoms. The van der Waals surface area contributed by atoms with Gasteiger partial charge in [-0.25, -0.2) is 14.2 Å². The lowest BCUT2D eigenvalue weighted by atomic mass is 10.2. The van der Waals surface area contributed by atoms with E-state index in [1.54, 1.807) is 12.1 Å². The van der Waals surface area contributed by atoms with Crippen molar-refractivity contribution in [3.63, 3.8) is 0 Å². The number of ether oxygens (including phenoxy) is 1. The summed E-state index contributed by atoms with van der Waals surface area (Å²) in [5.41, 5.74) is 6.62. The molecule has 3 heterocycles. The summed E-state index contributed by atoms with van der Waals surface area (Å²) in [5, 5.41) is 11.6. The maximum Gasteiger partial charge on any atom is 0.414 e. The molecule has 2 aromatic rings. The van der Waals surface area contributed by atoms with E-state index in [0.29, 0.717) is 30.4 Å². The summed E-state index contributed by atoms with van der Waals surface area (Å²) in [6.07, 6.45) is -1.05. The first-order chi connectivity index (χ1) is 15.4. The second kappa shape index (κ2) is 7.40. The van der Waals surface area contributed by atoms with Gasteiger partial charge in [0.05, 0.1) is 24.5 Å². The third-order valence-electron chi connectivity index (χ3n) is 6.29. The summed E-state index contributed by atoms with van der Waals surface area (Å²) in [7, 11) is 0. The molecule has 0 radical (unpaired) electrons. The molecule has 0 spiro atoms. The number of piperidine rings is 1. The van der Waals surface area contributed by atoms with Gasteiger partial charge in [0, 0.05) is 25.9 Å². The number of nitriles is 1. The van der Waals surface area contributed by atoms with Gasteiger partial charge in [-0.2, -0.15) is 5.26 Å². The van der Waals surface area contributed by atoms with Crippen LogP contribution in [0.1, 0.15) is 24.4 Å². The Bertz CT molecular complexity index is 1130. The Morgan fingerprint density at radius 1 is 1.38 bits per heavy atom. The lowest BCUT2D eigenvalue weighted by Crippen LogP contribution is -2.33. The van der Waals surface area contributed by atoms with Gasteiger partial charge in [-0.05, 0) is 30.0 Å². The number of halogens is 1. The number of anilines is 3. The van der Waals surface area contributed by atoms with Crippen molar-refractivity contribution in [3.05, 3.63) is 35.6 Å². The van der Waals surface area contributed by atoms with Gasteiger partial charge in [0.15, 0.2) is 0 Å². The van der Waals surface area contributed by atoms with Crippen molar-refractivity contribution in [1.29, 1.82) is 5.26 Å². The van der Waals surface area contributed by atoms with Gasteiger partial charge in [-0.15, -0.1) is 0 Å². The van der Waals surface area contributed by atoms with Gasteiger partial charge in [0.25, 0.3) is 0 Å². The van der Waals surface area contributed by atoms with Crippen LogP contribution in [-0.2, 0) is 9.53 Å². The van der Waals surface area contributed by atoms with Crippen molar-refractivity contribution in [2.24, 2.45) is 11.8 Å². The minimum absolute atomic E-state index is 0.0331. The van der Waals surface area contributed by atoms with Crippen molar-refractivity contribution < 1.29 is 23.1 Å². The number of cyclic esters (lactones) is 1. The first kappa shape index (κ1) is 20.1. The minimum Gasteiger partial charge on any atom is -0.442 e. The van der Waals surface area contributed by atoms with Crippen LogP contribution >= 0.6 is 0 Å². The van der Waals surface area contributed by atoms with Crippen LogP contribution < -0.4 is 20.9 Å². The largest absolute Gasteiger partial charge is 0.442 e. The third kappa shape index (κ3) is 3.37. The standard InChI is InChI=1S/C21H21FN6O4/c1-10(29)25-6-12-7-28(21(30)31-12)11-2-3-17(15(22)4-11)27-8-13-14(9-27)18(13)20-26-16(5-23)19(24)32-20/h2-4,12-14,18H,6-9,24H2,1H3,(H,25,29)/t12-,13-,14+,18?/m0/s1. The predicted octanol–water partition coefficient (Wildman–Crippen LogP) is 1.58. The fourth-order valence-corrected chi connectivity index (χ4v) is 4.68. The monoisotopic (exact) mass is 440 g/mol. The van der Waals surface area contributed by atoms with Crippen molar-refractivity contribution in [2.75, 3.05) is 41.7 Å². The van der Waals surface area contributed by atoms with Crippen molar-refractivity contribution in [2.45, 2.75) is 18.9 Å². The highest BCUT2D eigenvalue weighted by atomic mass is 19.1. The van der Waals surface area contributed by atoms with E-state index in [-0.39, 0.29) is 48.3 Å². The number of hydrogen-bond acceptors (Lipinski definition) is 8. The van der Waals surface area contributed by atoms with Gasteiger partial charge in [0.2, 0.25) is 23.4 Å². The van der Waals surface area contributed by atoms with Gasteiger partial charge in [-0.3, -0.25) is 9.69 Å². The molecule has 2 saturated heterocycles. The summed E-state index contributed by atoms with van der Waals surface area (Å²) >= 11 is 0. The average molecular weight is 440 g/mol. The number of fused-ring (bicyclic) bond motifs is 1. The molecule has 1 aromatic heterocycles. The van der Waals surface area contributed by atoms with Gasteiger partial charge in [0.1, 0.15) is 18.0 Å². The normalized spacial score (nSPS) is 26.0. The number of hydrogen-bond donors (Lipinski definition) is 2. The number of carbonyl (C=O) groups is 2. The number of nitrogen functional groups attached to an aromatic ring is 1. The van der Waals surface area contributed by atoms with Crippen LogP contribution in [-0.4, -0.2) is 49.3 Å². The summed E-state index contributed by atoms with van der Waals surface area (Å²) in [5.74, 6) is 0.501. The second-order valence-electron chi connectivity index (χ2n) is 8.32. The number of oxazole rings is 1. The van der Waals surface area contributed by atoms with Crippen LogP contribution in [0.3, 0.4) is 0 Å². The number of nitrogens with one attached hydrogen (secondary N) is 1. The number of rotatable bonds is 5. The molecule has 0 bridgehead atoms. The third-order valence-corrected chi connectivity index (χ3v) is 6.29. The summed E-state index contributed by atoms with van der Waals surface area (Å²) in [6, 6.07) is 6.59. The molecule has 32 heavy (non-hydrogen) atoms. The van der Waals surface area contributed by atoms with Crippen molar-refractivity contribution in [1.82, 2.24) is 10.3 Å². The Labute approximate surface area is 182 Å². The summed E-state index contributed by atoms with van der Waals surface area (Å²) < 4.78 is 25.6. The van der Waals surface area contributed by atoms with Crippen LogP contribution in [0.2, 0.25) is 0 Å². The van der Waals surface area contributed by atoms with Gasteiger partial charge < -0.3 is 25.1 Å². The van der Waals surface area contributed by atoms with Crippen LogP contribution in [0.25, 0.3) is 0 Å². The Kier molecular flexibility index (Phi) is 4.65. The van der Waals surface area contributed by atoms with E-state index >= 15 is 0 Å². The average Bonchev–Trinajstić information content (AvgIpc) is 3.10. The molecule has 1 saturated carbocycles. The first-order valence-corrected chi connectivity index (χ1v) is 10.3. The molecule has 3 fully saturated rings. The van der Waals surface area contributed by atoms with Crippen LogP contribution in [0.15, 0.2) is 22.6 Å². The molecule has 166 valence electrons. The number of amides is 2. The lowest BCUT2D eigenvalue weighted by molar-refractivity contribution is -0.119. The summed E-state index contributed by atoms with van der Waals surface area (Å²) in [4.78, 5) is 30.7. The highest BCUT2D eigenvalue weighted by molar-refractivity contribution is 5.90. The number of nitrogens with zero attached hydrogens (tertiary/aromatic N) is 4. The molecule has 4 atom stereocenters. The maximum atomic E-state index is 14.9. The predicted molar refractivity (Wildman–Crippen MR) is 110 cm³/mol. The molecule has 1 unspecified atom stereocenters. The molecule has 10 nitrogen and oxygen atoms in total. The van der Waals surface area contributed by atoms with E-state index in [0.717, 1.165) is 0 Å². The number of aromatic nitrogens is 1. The number of nitrogens with two attached hydrogens (primary N) is 1. The van der Waals surface area contributed by atoms with Crippen molar-refractivity contribution in [3.8, 4) is 6.07 Å². The minimum atomic E-state index is -0.570. The topological polar surface area (TPSA) is 138 Å². The van der Waals surface area contributed by atoms with Crippen LogP contribution in [0, 0.1) is 29.0 Å². The highest BCUT2D eigenvalue weighted by Gasteiger charge is 2.59. The molecule has 1 aliphatic carbocycles. The molecule has 1 aromatic carbocycles. The number of carbonyl (C=O) groups excluding carboxylic acids is 2. The Morgan fingerprint density at radius 2 is 2.12 bits per heavy atom. The van der Waals surface area contributed by atoms with E-state index < -0.39 is 18.0 Å². The van der Waals surface area contributed by atoms with E-state index in [4.69, 9.17) is 20.1 Å². The van der Waals surface area contributed by atoms with Crippen LogP contribution in [0.5, 0.6) is 0 Å². The van der Waals surface area contributed by atoms with Crippen LogP contribution in [0.4, 0.5) is 26.4 Å². The van der Waals surface area contributed by atoms with E-state index in [1.807, 2.05) is 11.0 Å². The molecule has 5 rings (SSSR count). The summed E-state index contributed by atoms with van der Waals surface area (Å²) in [6.45, 7) is 3.11. The Hall–Kier alpha value is -3.81. The number of benzene rings is 1. The fraction of sp³-hybridized carbons (Fsp3) is 0.429. The molecule has 3 aliphatic rings. The Balaban J connectivity index is 1.23. The quantitative estimate of drug-likeness (QED) is 0.715.